The molecule has 0 spiro atoms. The van der Waals surface area contributed by atoms with E-state index in [4.69, 9.17) is 10.5 Å². The Hall–Kier alpha value is -3.62. The molecule has 0 aliphatic carbocycles. The summed E-state index contributed by atoms with van der Waals surface area (Å²) in [5.41, 5.74) is 7.20. The molecule has 9 heteroatoms. The van der Waals surface area contributed by atoms with Gasteiger partial charge < -0.3 is 20.3 Å². The number of allylic oxidation sites excluding steroid dienone is 2. The van der Waals surface area contributed by atoms with Crippen molar-refractivity contribution in [3.05, 3.63) is 54.2 Å². The van der Waals surface area contributed by atoms with Crippen molar-refractivity contribution < 1.29 is 19.1 Å². The molecule has 1 aromatic heterocycles. The smallest absolute Gasteiger partial charge is 0.256 e. The number of aromatic nitrogens is 1. The maximum Gasteiger partial charge on any atom is 0.256 e. The monoisotopic (exact) mass is 437 g/mol. The molecule has 0 aromatic carbocycles. The number of fused-ring (bicyclic) bond motifs is 1. The van der Waals surface area contributed by atoms with Gasteiger partial charge in [0.05, 0.1) is 12.1 Å². The maximum atomic E-state index is 13.0. The first-order chi connectivity index (χ1) is 15.3. The van der Waals surface area contributed by atoms with Gasteiger partial charge in [0, 0.05) is 36.3 Å². The molecule has 3 aliphatic rings. The third-order valence-corrected chi connectivity index (χ3v) is 5.81. The first-order valence-corrected chi connectivity index (χ1v) is 10.7. The predicted molar refractivity (Wildman–Crippen MR) is 118 cm³/mol. The number of hydrogen-bond donors (Lipinski definition) is 1. The number of nitrogens with zero attached hydrogens (tertiary/aromatic N) is 4. The summed E-state index contributed by atoms with van der Waals surface area (Å²) in [4.78, 5) is 46.5. The average molecular weight is 438 g/mol. The third kappa shape index (κ3) is 3.86. The van der Waals surface area contributed by atoms with Crippen LogP contribution in [0.1, 0.15) is 37.0 Å². The molecule has 1 fully saturated rings. The van der Waals surface area contributed by atoms with Crippen LogP contribution in [0.2, 0.25) is 0 Å². The van der Waals surface area contributed by atoms with Crippen molar-refractivity contribution in [2.24, 2.45) is 11.7 Å². The van der Waals surface area contributed by atoms with Gasteiger partial charge in [-0.2, -0.15) is 0 Å². The standard InChI is InChI=1S/C23H27N5O4/c1-14(2)22(30)26-8-6-17(11-15(26)3)27-9-10-32-19-12-16(13-25-21(19)27)23(31)28-7-4-5-18(28)20(24)29/h6,8,11-14,18H,3-5,7,9-10H2,1-2H3,(H2,24,29). The van der Waals surface area contributed by atoms with Gasteiger partial charge in [0.1, 0.15) is 12.6 Å². The molecule has 3 amide bonds. The van der Waals surface area contributed by atoms with Crippen LogP contribution in [0.3, 0.4) is 0 Å². The highest BCUT2D eigenvalue weighted by Crippen LogP contribution is 2.35. The van der Waals surface area contributed by atoms with Gasteiger partial charge in [0.15, 0.2) is 11.6 Å². The fraction of sp³-hybridized carbons (Fsp3) is 0.391. The predicted octanol–water partition coefficient (Wildman–Crippen LogP) is 1.78. The van der Waals surface area contributed by atoms with E-state index in [0.29, 0.717) is 48.9 Å². The second kappa shape index (κ2) is 8.49. The number of likely N-dealkylation sites (tertiary alicyclic amines) is 1. The SMILES string of the molecule is C=C1C=C(N2CCOc3cc(C(=O)N4CCCC4C(N)=O)cnc32)C=CN1C(=O)C(C)C. The molecule has 1 aromatic rings. The Morgan fingerprint density at radius 1 is 1.28 bits per heavy atom. The molecule has 1 saturated heterocycles. The summed E-state index contributed by atoms with van der Waals surface area (Å²) in [6.07, 6.45) is 8.19. The van der Waals surface area contributed by atoms with E-state index in [1.165, 1.54) is 16.0 Å². The number of rotatable bonds is 4. The van der Waals surface area contributed by atoms with Gasteiger partial charge in [-0.1, -0.05) is 20.4 Å². The number of nitrogens with two attached hydrogens (primary N) is 1. The van der Waals surface area contributed by atoms with Crippen LogP contribution in [0.15, 0.2) is 48.6 Å². The Morgan fingerprint density at radius 3 is 2.75 bits per heavy atom. The van der Waals surface area contributed by atoms with Crippen LogP contribution in [0.5, 0.6) is 5.75 Å². The summed E-state index contributed by atoms with van der Waals surface area (Å²) in [5, 5.41) is 0. The largest absolute Gasteiger partial charge is 0.488 e. The molecule has 3 aliphatic heterocycles. The van der Waals surface area contributed by atoms with Crippen LogP contribution in [0, 0.1) is 5.92 Å². The molecule has 2 N–H and O–H groups in total. The molecule has 0 saturated carbocycles. The summed E-state index contributed by atoms with van der Waals surface area (Å²) < 4.78 is 5.79. The molecule has 0 radical (unpaired) electrons. The number of carbonyl (C=O) groups is 3. The molecule has 4 rings (SSSR count). The van der Waals surface area contributed by atoms with Gasteiger partial charge >= 0.3 is 0 Å². The lowest BCUT2D eigenvalue weighted by Gasteiger charge is -2.34. The Kier molecular flexibility index (Phi) is 5.73. The second-order valence-corrected chi connectivity index (χ2v) is 8.34. The van der Waals surface area contributed by atoms with Gasteiger partial charge in [-0.3, -0.25) is 19.3 Å². The van der Waals surface area contributed by atoms with Crippen molar-refractivity contribution >= 4 is 23.5 Å². The molecule has 0 bridgehead atoms. The minimum atomic E-state index is -0.587. The zero-order chi connectivity index (χ0) is 23.0. The van der Waals surface area contributed by atoms with E-state index in [0.717, 1.165) is 12.1 Å². The number of primary amides is 1. The first-order valence-electron chi connectivity index (χ1n) is 10.7. The summed E-state index contributed by atoms with van der Waals surface area (Å²) >= 11 is 0. The van der Waals surface area contributed by atoms with E-state index in [1.54, 1.807) is 12.3 Å². The van der Waals surface area contributed by atoms with Gasteiger partial charge in [-0.25, -0.2) is 4.98 Å². The lowest BCUT2D eigenvalue weighted by atomic mass is 10.1. The van der Waals surface area contributed by atoms with Crippen LogP contribution < -0.4 is 15.4 Å². The van der Waals surface area contributed by atoms with Crippen molar-refractivity contribution in [1.29, 1.82) is 0 Å². The Morgan fingerprint density at radius 2 is 2.06 bits per heavy atom. The van der Waals surface area contributed by atoms with Gasteiger partial charge in [0.2, 0.25) is 11.8 Å². The molecule has 168 valence electrons. The van der Waals surface area contributed by atoms with Crippen LogP contribution in [0.25, 0.3) is 0 Å². The molecule has 4 heterocycles. The lowest BCUT2D eigenvalue weighted by Crippen LogP contribution is -2.43. The summed E-state index contributed by atoms with van der Waals surface area (Å²) in [6.45, 7) is 9.16. The molecule has 32 heavy (non-hydrogen) atoms. The van der Waals surface area contributed by atoms with Crippen LogP contribution in [0.4, 0.5) is 5.82 Å². The van der Waals surface area contributed by atoms with E-state index in [2.05, 4.69) is 11.6 Å². The normalized spacial score (nSPS) is 20.2. The van der Waals surface area contributed by atoms with E-state index in [1.807, 2.05) is 30.9 Å². The summed E-state index contributed by atoms with van der Waals surface area (Å²) in [6, 6.07) is 1.07. The molecule has 1 atom stereocenters. The van der Waals surface area contributed by atoms with E-state index in [9.17, 15) is 14.4 Å². The van der Waals surface area contributed by atoms with E-state index >= 15 is 0 Å². The summed E-state index contributed by atoms with van der Waals surface area (Å²) in [7, 11) is 0. The topological polar surface area (TPSA) is 109 Å². The van der Waals surface area contributed by atoms with Crippen molar-refractivity contribution in [3.8, 4) is 5.75 Å². The number of amides is 3. The molecule has 9 nitrogen and oxygen atoms in total. The molecule has 1 unspecified atom stereocenters. The average Bonchev–Trinajstić information content (AvgIpc) is 3.27. The van der Waals surface area contributed by atoms with Crippen molar-refractivity contribution in [1.82, 2.24) is 14.8 Å². The molecular formula is C23H27N5O4. The lowest BCUT2D eigenvalue weighted by molar-refractivity contribution is -0.130. The fourth-order valence-electron chi connectivity index (χ4n) is 4.13. The zero-order valence-corrected chi connectivity index (χ0v) is 18.3. The minimum Gasteiger partial charge on any atom is -0.488 e. The number of carbonyl (C=O) groups excluding carboxylic acids is 3. The number of anilines is 1. The number of hydrogen-bond acceptors (Lipinski definition) is 6. The maximum absolute atomic E-state index is 13.0. The number of pyridine rings is 1. The minimum absolute atomic E-state index is 0.0265. The first kappa shape index (κ1) is 21.6. The highest BCUT2D eigenvalue weighted by molar-refractivity contribution is 5.98. The van der Waals surface area contributed by atoms with Gasteiger partial charge in [-0.05, 0) is 31.1 Å². The van der Waals surface area contributed by atoms with E-state index < -0.39 is 11.9 Å². The van der Waals surface area contributed by atoms with Crippen molar-refractivity contribution in [2.45, 2.75) is 32.7 Å². The van der Waals surface area contributed by atoms with Crippen LogP contribution in [-0.4, -0.2) is 58.2 Å². The van der Waals surface area contributed by atoms with Gasteiger partial charge in [-0.15, -0.1) is 0 Å². The Balaban J connectivity index is 1.57. The highest BCUT2D eigenvalue weighted by Gasteiger charge is 2.34. The van der Waals surface area contributed by atoms with Crippen LogP contribution >= 0.6 is 0 Å². The third-order valence-electron chi connectivity index (χ3n) is 5.81. The van der Waals surface area contributed by atoms with Crippen molar-refractivity contribution in [2.75, 3.05) is 24.6 Å². The number of ether oxygens (including phenoxy) is 1. The van der Waals surface area contributed by atoms with Crippen LogP contribution in [-0.2, 0) is 9.59 Å². The fourth-order valence-corrected chi connectivity index (χ4v) is 4.13. The highest BCUT2D eigenvalue weighted by atomic mass is 16.5. The summed E-state index contributed by atoms with van der Waals surface area (Å²) in [5.74, 6) is 0.116. The van der Waals surface area contributed by atoms with Gasteiger partial charge in [0.25, 0.3) is 5.91 Å². The van der Waals surface area contributed by atoms with E-state index in [-0.39, 0.29) is 17.7 Å². The quantitative estimate of drug-likeness (QED) is 0.769. The second-order valence-electron chi connectivity index (χ2n) is 8.34. The molecular weight excluding hydrogens is 410 g/mol. The zero-order valence-electron chi connectivity index (χ0n) is 18.3. The Labute approximate surface area is 186 Å². The Bertz CT molecular complexity index is 1040. The van der Waals surface area contributed by atoms with Crippen molar-refractivity contribution in [3.63, 3.8) is 0 Å².